The van der Waals surface area contributed by atoms with Crippen LogP contribution in [0.5, 0.6) is 0 Å². The normalized spacial score (nSPS) is 34.8. The summed E-state index contributed by atoms with van der Waals surface area (Å²) in [6.45, 7) is 2.09. The van der Waals surface area contributed by atoms with Crippen LogP contribution in [0.15, 0.2) is 4.99 Å². The van der Waals surface area contributed by atoms with Crippen molar-refractivity contribution in [3.8, 4) is 0 Å². The van der Waals surface area contributed by atoms with Gasteiger partial charge < -0.3 is 5.73 Å². The molecular formula is C5H9BrN2S. The molecule has 0 amide bonds. The smallest absolute Gasteiger partial charge is 0.145 e. The fourth-order valence-corrected chi connectivity index (χ4v) is 2.64. The standard InChI is InChI=1S/C5H9BrN2S/c1-2-3-4(6)9-5(7)8-3/h4-5H,2,7H2,1H3. The summed E-state index contributed by atoms with van der Waals surface area (Å²) >= 11 is 5.10. The number of alkyl halides is 1. The maximum Gasteiger partial charge on any atom is 0.145 e. The summed E-state index contributed by atoms with van der Waals surface area (Å²) in [7, 11) is 0. The highest BCUT2D eigenvalue weighted by Gasteiger charge is 2.21. The van der Waals surface area contributed by atoms with Gasteiger partial charge in [-0.3, -0.25) is 4.99 Å². The lowest BCUT2D eigenvalue weighted by atomic mass is 10.3. The monoisotopic (exact) mass is 208 g/mol. The van der Waals surface area contributed by atoms with Crippen LogP contribution in [0.3, 0.4) is 0 Å². The maximum absolute atomic E-state index is 5.54. The van der Waals surface area contributed by atoms with Gasteiger partial charge in [0.25, 0.3) is 0 Å². The SMILES string of the molecule is CCC1=NC(N)SC1Br. The molecular weight excluding hydrogens is 200 g/mol. The Hall–Kier alpha value is 0.460. The highest BCUT2D eigenvalue weighted by atomic mass is 79.9. The Morgan fingerprint density at radius 2 is 2.56 bits per heavy atom. The number of hydrogen-bond acceptors (Lipinski definition) is 3. The highest BCUT2D eigenvalue weighted by Crippen LogP contribution is 2.29. The van der Waals surface area contributed by atoms with Gasteiger partial charge in [0.1, 0.15) is 9.66 Å². The molecule has 0 bridgehead atoms. The summed E-state index contributed by atoms with van der Waals surface area (Å²) in [5.74, 6) is 0. The van der Waals surface area contributed by atoms with Crippen molar-refractivity contribution in [2.24, 2.45) is 10.7 Å². The van der Waals surface area contributed by atoms with Crippen LogP contribution >= 0.6 is 27.7 Å². The molecule has 0 radical (unpaired) electrons. The van der Waals surface area contributed by atoms with Crippen molar-refractivity contribution in [3.05, 3.63) is 0 Å². The molecule has 0 saturated carbocycles. The van der Waals surface area contributed by atoms with Crippen molar-refractivity contribution < 1.29 is 0 Å². The van der Waals surface area contributed by atoms with E-state index in [0.29, 0.717) is 4.16 Å². The molecule has 1 rings (SSSR count). The van der Waals surface area contributed by atoms with E-state index in [9.17, 15) is 0 Å². The number of aliphatic imine (C=N–C) groups is 1. The average molecular weight is 209 g/mol. The molecule has 1 aliphatic rings. The van der Waals surface area contributed by atoms with Crippen molar-refractivity contribution in [2.45, 2.75) is 23.0 Å². The minimum Gasteiger partial charge on any atom is -0.301 e. The summed E-state index contributed by atoms with van der Waals surface area (Å²) in [5.41, 5.74) is 6.67. The third-order valence-corrected chi connectivity index (χ3v) is 3.25. The molecule has 4 heteroatoms. The molecule has 2 nitrogen and oxygen atoms in total. The number of nitrogens with two attached hydrogens (primary N) is 1. The predicted octanol–water partition coefficient (Wildman–Crippen LogP) is 1.55. The van der Waals surface area contributed by atoms with E-state index in [1.165, 1.54) is 5.71 Å². The van der Waals surface area contributed by atoms with Gasteiger partial charge in [-0.15, -0.1) is 0 Å². The first-order valence-corrected chi connectivity index (χ1v) is 4.71. The van der Waals surface area contributed by atoms with Crippen LogP contribution in [0.2, 0.25) is 0 Å². The largest absolute Gasteiger partial charge is 0.301 e. The van der Waals surface area contributed by atoms with E-state index < -0.39 is 0 Å². The number of rotatable bonds is 1. The quantitative estimate of drug-likeness (QED) is 0.665. The molecule has 0 saturated heterocycles. The van der Waals surface area contributed by atoms with Crippen LogP contribution in [0.1, 0.15) is 13.3 Å². The molecule has 2 atom stereocenters. The molecule has 0 aliphatic carbocycles. The third-order valence-electron chi connectivity index (χ3n) is 1.18. The summed E-state index contributed by atoms with van der Waals surface area (Å²) in [6.07, 6.45) is 0.997. The second kappa shape index (κ2) is 3.03. The van der Waals surface area contributed by atoms with Crippen molar-refractivity contribution in [3.63, 3.8) is 0 Å². The van der Waals surface area contributed by atoms with Crippen LogP contribution in [0.25, 0.3) is 0 Å². The Labute approximate surface area is 67.4 Å². The van der Waals surface area contributed by atoms with E-state index in [4.69, 9.17) is 5.73 Å². The van der Waals surface area contributed by atoms with Crippen LogP contribution in [0, 0.1) is 0 Å². The molecule has 1 heterocycles. The topological polar surface area (TPSA) is 38.4 Å². The molecule has 1 aliphatic heterocycles. The number of nitrogens with zero attached hydrogens (tertiary/aromatic N) is 1. The van der Waals surface area contributed by atoms with Gasteiger partial charge in [-0.1, -0.05) is 34.6 Å². The van der Waals surface area contributed by atoms with Crippen LogP contribution in [0.4, 0.5) is 0 Å². The minimum atomic E-state index is -0.0377. The van der Waals surface area contributed by atoms with Gasteiger partial charge in [0, 0.05) is 5.71 Å². The zero-order valence-electron chi connectivity index (χ0n) is 5.17. The van der Waals surface area contributed by atoms with Crippen molar-refractivity contribution in [1.82, 2.24) is 0 Å². The summed E-state index contributed by atoms with van der Waals surface area (Å²) in [5, 5.41) is 0. The van der Waals surface area contributed by atoms with Crippen LogP contribution in [-0.2, 0) is 0 Å². The van der Waals surface area contributed by atoms with E-state index in [1.807, 2.05) is 0 Å². The molecule has 2 unspecified atom stereocenters. The molecule has 52 valence electrons. The van der Waals surface area contributed by atoms with Crippen molar-refractivity contribution in [1.29, 1.82) is 0 Å². The Bertz CT molecular complexity index is 137. The molecule has 2 N–H and O–H groups in total. The zero-order chi connectivity index (χ0) is 6.85. The van der Waals surface area contributed by atoms with Gasteiger partial charge in [-0.05, 0) is 6.42 Å². The van der Waals surface area contributed by atoms with Gasteiger partial charge in [-0.2, -0.15) is 0 Å². The van der Waals surface area contributed by atoms with E-state index in [2.05, 4.69) is 27.8 Å². The van der Waals surface area contributed by atoms with Crippen LogP contribution < -0.4 is 5.73 Å². The van der Waals surface area contributed by atoms with Gasteiger partial charge >= 0.3 is 0 Å². The second-order valence-corrected chi connectivity index (χ2v) is 4.57. The third kappa shape index (κ3) is 1.69. The maximum atomic E-state index is 5.54. The highest BCUT2D eigenvalue weighted by molar-refractivity contribution is 9.11. The second-order valence-electron chi connectivity index (χ2n) is 1.82. The van der Waals surface area contributed by atoms with Gasteiger partial charge in [0.2, 0.25) is 0 Å². The molecule has 0 aromatic heterocycles. The number of thioether (sulfide) groups is 1. The predicted molar refractivity (Wildman–Crippen MR) is 46.0 cm³/mol. The molecule has 9 heavy (non-hydrogen) atoms. The van der Waals surface area contributed by atoms with E-state index in [1.54, 1.807) is 11.8 Å². The first-order chi connectivity index (χ1) is 4.24. The van der Waals surface area contributed by atoms with Crippen molar-refractivity contribution in [2.75, 3.05) is 0 Å². The van der Waals surface area contributed by atoms with E-state index >= 15 is 0 Å². The average Bonchev–Trinajstić information content (AvgIpc) is 2.10. The Morgan fingerprint density at radius 1 is 1.89 bits per heavy atom. The lowest BCUT2D eigenvalue weighted by molar-refractivity contribution is 0.995. The van der Waals surface area contributed by atoms with Gasteiger partial charge in [-0.25, -0.2) is 0 Å². The fourth-order valence-electron chi connectivity index (χ4n) is 0.705. The Morgan fingerprint density at radius 3 is 2.78 bits per heavy atom. The van der Waals surface area contributed by atoms with E-state index in [0.717, 1.165) is 6.42 Å². The Balaban J connectivity index is 2.57. The van der Waals surface area contributed by atoms with Gasteiger partial charge in [0.05, 0.1) is 0 Å². The first kappa shape index (κ1) is 7.57. The van der Waals surface area contributed by atoms with Gasteiger partial charge in [0.15, 0.2) is 0 Å². The molecule has 0 aromatic carbocycles. The zero-order valence-corrected chi connectivity index (χ0v) is 7.58. The lowest BCUT2D eigenvalue weighted by Crippen LogP contribution is -2.08. The summed E-state index contributed by atoms with van der Waals surface area (Å²) < 4.78 is 0.359. The summed E-state index contributed by atoms with van der Waals surface area (Å²) in [4.78, 5) is 4.20. The first-order valence-electron chi connectivity index (χ1n) is 2.85. The summed E-state index contributed by atoms with van der Waals surface area (Å²) in [6, 6.07) is 0. The minimum absolute atomic E-state index is 0.0377. The number of hydrogen-bond donors (Lipinski definition) is 1. The fraction of sp³-hybridized carbons (Fsp3) is 0.800. The van der Waals surface area contributed by atoms with Crippen LogP contribution in [-0.4, -0.2) is 15.4 Å². The molecule has 0 aromatic rings. The molecule has 0 fully saturated rings. The van der Waals surface area contributed by atoms with Crippen molar-refractivity contribution >= 4 is 33.4 Å². The Kier molecular flexibility index (Phi) is 2.55. The number of halogens is 1. The lowest BCUT2D eigenvalue weighted by Gasteiger charge is -1.98. The van der Waals surface area contributed by atoms with E-state index in [-0.39, 0.29) is 5.50 Å². The molecule has 0 spiro atoms.